The molecule has 0 spiro atoms. The molecule has 2 fully saturated rings. The molecule has 2 aliphatic rings. The number of nitrogens with one attached hydrogen (secondary N) is 3. The molecular formula is C49H66BN6O5U. The number of carboxylic acids is 1. The average molecular weight is 1070 g/mol. The molecule has 4 heterocycles. The van der Waals surface area contributed by atoms with Gasteiger partial charge in [0.2, 0.25) is 0 Å². The number of nitrogens with zero attached hydrogens (tertiary/aromatic N) is 3. The summed E-state index contributed by atoms with van der Waals surface area (Å²) in [6, 6.07) is 34.0. The van der Waals surface area contributed by atoms with E-state index in [-0.39, 0.29) is 56.1 Å². The van der Waals surface area contributed by atoms with E-state index in [1.807, 2.05) is 55.3 Å². The van der Waals surface area contributed by atoms with Gasteiger partial charge in [-0.3, -0.25) is 14.6 Å². The van der Waals surface area contributed by atoms with Crippen LogP contribution < -0.4 is 14.8 Å². The van der Waals surface area contributed by atoms with Crippen LogP contribution in [-0.4, -0.2) is 116 Å². The number of benzene rings is 4. The Morgan fingerprint density at radius 2 is 1.19 bits per heavy atom. The van der Waals surface area contributed by atoms with E-state index in [4.69, 9.17) is 17.3 Å². The third-order valence-corrected chi connectivity index (χ3v) is 11.1. The van der Waals surface area contributed by atoms with E-state index in [9.17, 15) is 9.59 Å². The van der Waals surface area contributed by atoms with Crippen LogP contribution in [-0.2, 0) is 13.1 Å². The Balaban J connectivity index is 0.000000264. The van der Waals surface area contributed by atoms with Crippen molar-refractivity contribution in [2.24, 2.45) is 0 Å². The van der Waals surface area contributed by atoms with E-state index >= 15 is 0 Å². The number of aromatic nitrogens is 2. The number of fused-ring (bicyclic) bond motifs is 2. The van der Waals surface area contributed by atoms with Crippen molar-refractivity contribution in [2.75, 3.05) is 39.4 Å². The number of aromatic carboxylic acids is 1. The molecule has 2 aromatic heterocycles. The minimum absolute atomic E-state index is 0. The average Bonchev–Trinajstić information content (AvgIpc) is 3.93. The Morgan fingerprint density at radius 3 is 1.69 bits per heavy atom. The number of ether oxygens (including phenoxy) is 2. The van der Waals surface area contributed by atoms with Crippen LogP contribution in [0.3, 0.4) is 0 Å². The number of H-pyrrole nitrogens is 2. The van der Waals surface area contributed by atoms with Gasteiger partial charge in [-0.2, -0.15) is 0 Å². The molecule has 6 aromatic rings. The molecule has 11 nitrogen and oxygen atoms in total. The number of amides is 1. The fraction of sp³-hybridized carbons (Fsp3) is 0.388. The van der Waals surface area contributed by atoms with Gasteiger partial charge in [-0.15, -0.1) is 0 Å². The van der Waals surface area contributed by atoms with Gasteiger partial charge in [0.25, 0.3) is 5.91 Å². The summed E-state index contributed by atoms with van der Waals surface area (Å²) in [7, 11) is 0.500. The number of carboxylic acid groups (broad SMARTS) is 1. The summed E-state index contributed by atoms with van der Waals surface area (Å²) in [5.41, 5.74) is 5.43. The summed E-state index contributed by atoms with van der Waals surface area (Å²) >= 11 is 0. The quantitative estimate of drug-likeness (QED) is 0.101. The summed E-state index contributed by atoms with van der Waals surface area (Å²) in [5.74, 6) is 0.135. The van der Waals surface area contributed by atoms with Crippen molar-refractivity contribution in [3.63, 3.8) is 0 Å². The Bertz CT molecular complexity index is 2300. The molecule has 4 atom stereocenters. The number of carbonyl (C=O) groups excluding carboxylic acids is 1. The Kier molecular flexibility index (Phi) is 19.5. The van der Waals surface area contributed by atoms with Crippen molar-refractivity contribution in [2.45, 2.75) is 86.2 Å². The zero-order valence-corrected chi connectivity index (χ0v) is 40.5. The van der Waals surface area contributed by atoms with Crippen molar-refractivity contribution in [1.82, 2.24) is 30.0 Å². The van der Waals surface area contributed by atoms with Crippen LogP contribution in [0.2, 0.25) is 0 Å². The van der Waals surface area contributed by atoms with E-state index in [0.29, 0.717) is 63.3 Å². The van der Waals surface area contributed by atoms with Crippen molar-refractivity contribution in [1.29, 1.82) is 2.67 Å². The first-order chi connectivity index (χ1) is 30.0. The van der Waals surface area contributed by atoms with E-state index in [1.54, 1.807) is 18.3 Å². The van der Waals surface area contributed by atoms with Gasteiger partial charge in [-0.25, -0.2) is 4.79 Å². The summed E-state index contributed by atoms with van der Waals surface area (Å²) in [4.78, 5) is 37.7. The molecule has 1 amide bonds. The summed E-state index contributed by atoms with van der Waals surface area (Å²) in [5, 5.41) is 14.4. The minimum Gasteiger partial charge on any atom is -0.493 e. The fourth-order valence-corrected chi connectivity index (χ4v) is 7.85. The Labute approximate surface area is 396 Å². The maximum Gasteiger partial charge on any atom is 0.339 e. The summed E-state index contributed by atoms with van der Waals surface area (Å²) < 4.78 is 22.6. The molecular weight excluding hydrogens is 1000 g/mol. The third-order valence-electron chi connectivity index (χ3n) is 11.1. The zero-order chi connectivity index (χ0) is 44.6. The van der Waals surface area contributed by atoms with Gasteiger partial charge in [0.15, 0.2) is 0 Å². The van der Waals surface area contributed by atoms with Gasteiger partial charge in [-0.05, 0) is 79.6 Å². The van der Waals surface area contributed by atoms with Crippen LogP contribution in [0.5, 0.6) is 11.5 Å². The predicted molar refractivity (Wildman–Crippen MR) is 252 cm³/mol. The minimum atomic E-state index is -0.971. The molecule has 0 saturated carbocycles. The van der Waals surface area contributed by atoms with Crippen LogP contribution in [0.25, 0.3) is 21.8 Å². The molecule has 0 unspecified atom stereocenters. The number of hydrogen-bond acceptors (Lipinski definition) is 7. The van der Waals surface area contributed by atoms with Crippen LogP contribution in [0.4, 0.5) is 0 Å². The predicted octanol–water partition coefficient (Wildman–Crippen LogP) is 8.16. The van der Waals surface area contributed by atoms with E-state index in [2.05, 4.69) is 107 Å². The van der Waals surface area contributed by atoms with Gasteiger partial charge < -0.3 is 34.8 Å². The van der Waals surface area contributed by atoms with Crippen LogP contribution in [0.1, 0.15) is 80.8 Å². The SMILES string of the molecule is C.CCOc1cc2[nH]ccc2cc1C(=O)N1C[C@H](C)N(Cc2ccccc2)C[C@H]1C.CCOc1cc2[nH]ccc2cc1C(=O)O.C[C@@H]1CN(Cc2ccccc2)[C@@H](C)CN1.[3H][B][3H].[U]. The van der Waals surface area contributed by atoms with Crippen molar-refractivity contribution < 1.29 is 55.3 Å². The second-order valence-corrected chi connectivity index (χ2v) is 15.6. The summed E-state index contributed by atoms with van der Waals surface area (Å²) in [6.45, 7) is 19.4. The van der Waals surface area contributed by atoms with Crippen molar-refractivity contribution in [3.05, 3.63) is 132 Å². The van der Waals surface area contributed by atoms with Gasteiger partial charge in [0, 0.05) is 141 Å². The molecule has 0 aliphatic carbocycles. The fourth-order valence-electron chi connectivity index (χ4n) is 7.85. The Hall–Kier alpha value is -4.50. The summed E-state index contributed by atoms with van der Waals surface area (Å²) in [6.07, 6.45) is 3.66. The number of rotatable bonds is 10. The van der Waals surface area contributed by atoms with E-state index < -0.39 is 5.97 Å². The molecule has 4 aromatic carbocycles. The van der Waals surface area contributed by atoms with Gasteiger partial charge in [0.05, 0.1) is 27.1 Å². The van der Waals surface area contributed by atoms with Gasteiger partial charge >= 0.3 is 5.97 Å². The van der Waals surface area contributed by atoms with Crippen molar-refractivity contribution in [3.8, 4) is 11.5 Å². The standard InChI is InChI=1S/C24H29N3O2.C13H20N2.C11H11NO3.CH4.BH2.U/c1-4-29-23-13-22-20(10-11-25-22)12-21(23)24(28)27-15-17(2)26(14-18(27)3)16-19-8-6-5-7-9-19;1-11-9-15(12(2)8-14-11)10-13-6-4-3-5-7-13;1-2-15-10-6-9-7(3-4-12-9)5-8(10)11(13)14;;;/h5-13,17-18,25H,4,14-16H2,1-3H3;3-7,11-12,14H,8-10H2,1-2H3;3-6,12H,2H2,1H3,(H,13,14);1H4;1H2;/t17-,18+;11-,12+;;;;/m01..../s1/i;;;;1T2;. The second kappa shape index (κ2) is 25.0. The smallest absolute Gasteiger partial charge is 0.339 e. The van der Waals surface area contributed by atoms with Crippen LogP contribution >= 0.6 is 0 Å². The second-order valence-electron chi connectivity index (χ2n) is 15.6. The number of carbonyl (C=O) groups is 2. The first kappa shape index (κ1) is 48.5. The third kappa shape index (κ3) is 13.5. The van der Waals surface area contributed by atoms with Gasteiger partial charge in [0.1, 0.15) is 17.1 Å². The molecule has 2 aliphatic heterocycles. The molecule has 0 bridgehead atoms. The number of piperazine rings is 2. The van der Waals surface area contributed by atoms with E-state index in [0.717, 1.165) is 54.5 Å². The largest absolute Gasteiger partial charge is 0.493 e. The maximum atomic E-state index is 13.5. The molecule has 62 heavy (non-hydrogen) atoms. The van der Waals surface area contributed by atoms with Crippen molar-refractivity contribution >= 4 is 42.0 Å². The van der Waals surface area contributed by atoms with Gasteiger partial charge in [-0.1, -0.05) is 68.1 Å². The van der Waals surface area contributed by atoms with Crippen LogP contribution in [0.15, 0.2) is 109 Å². The zero-order valence-electron chi connectivity index (χ0n) is 38.4. The number of hydrogen-bond donors (Lipinski definition) is 4. The molecule has 329 valence electrons. The maximum absolute atomic E-state index is 13.5. The number of aromatic amines is 2. The molecule has 8 rings (SSSR count). The Morgan fingerprint density at radius 1 is 0.710 bits per heavy atom. The molecule has 4 N–H and O–H groups in total. The monoisotopic (exact) mass is 1070 g/mol. The first-order valence-corrected chi connectivity index (χ1v) is 20.9. The molecule has 1 radical (unpaired) electrons. The topological polar surface area (TPSA) is 126 Å². The first-order valence-electron chi connectivity index (χ1n) is 22.0. The molecule has 13 heteroatoms. The van der Waals surface area contributed by atoms with E-state index in [1.165, 1.54) is 11.1 Å². The van der Waals surface area contributed by atoms with Crippen LogP contribution in [0, 0.1) is 31.1 Å². The normalized spacial score (nSPS) is 19.0. The molecule has 2 saturated heterocycles.